The van der Waals surface area contributed by atoms with Crippen molar-refractivity contribution < 1.29 is 9.53 Å². The molecular formula is C22H17O2. The average molecular weight is 313 g/mol. The minimum Gasteiger partial charge on any atom is -0.449 e. The van der Waals surface area contributed by atoms with Crippen molar-refractivity contribution in [2.24, 2.45) is 0 Å². The Hall–Kier alpha value is -3.13. The summed E-state index contributed by atoms with van der Waals surface area (Å²) in [6.45, 7) is 3.86. The maximum atomic E-state index is 12.6. The molecule has 3 rings (SSSR count). The van der Waals surface area contributed by atoms with Crippen LogP contribution in [0.5, 0.6) is 0 Å². The maximum absolute atomic E-state index is 12.6. The summed E-state index contributed by atoms with van der Waals surface area (Å²) in [6, 6.07) is 29.6. The van der Waals surface area contributed by atoms with Gasteiger partial charge in [-0.05, 0) is 22.8 Å². The lowest BCUT2D eigenvalue weighted by Gasteiger charge is -2.19. The van der Waals surface area contributed by atoms with Crippen molar-refractivity contribution >= 4 is 11.5 Å². The summed E-state index contributed by atoms with van der Waals surface area (Å²) in [5.41, 5.74) is 2.78. The van der Waals surface area contributed by atoms with Gasteiger partial charge in [-0.3, -0.25) is 0 Å². The Morgan fingerprint density at radius 3 is 1.88 bits per heavy atom. The number of esters is 1. The van der Waals surface area contributed by atoms with Crippen molar-refractivity contribution in [1.29, 1.82) is 0 Å². The van der Waals surface area contributed by atoms with Crippen molar-refractivity contribution in [3.8, 4) is 0 Å². The number of carbonyl (C=O) groups excluding carboxylic acids is 1. The van der Waals surface area contributed by atoms with Gasteiger partial charge in [-0.25, -0.2) is 4.79 Å². The molecule has 0 aromatic heterocycles. The van der Waals surface area contributed by atoms with Gasteiger partial charge in [0.2, 0.25) is 0 Å². The van der Waals surface area contributed by atoms with E-state index >= 15 is 0 Å². The Morgan fingerprint density at radius 2 is 1.38 bits per heavy atom. The van der Waals surface area contributed by atoms with Crippen LogP contribution in [0.2, 0.25) is 0 Å². The van der Waals surface area contributed by atoms with E-state index in [0.717, 1.165) is 11.1 Å². The third-order valence-corrected chi connectivity index (χ3v) is 3.71. The molecule has 0 aliphatic rings. The fraction of sp³-hybridized carbons (Fsp3) is 0.0455. The largest absolute Gasteiger partial charge is 0.449 e. The van der Waals surface area contributed by atoms with Crippen molar-refractivity contribution in [2.75, 3.05) is 0 Å². The second-order valence-electron chi connectivity index (χ2n) is 5.36. The van der Waals surface area contributed by atoms with E-state index in [1.165, 1.54) is 0 Å². The van der Waals surface area contributed by atoms with Crippen LogP contribution in [0.4, 0.5) is 0 Å². The molecule has 0 amide bonds. The van der Waals surface area contributed by atoms with Crippen molar-refractivity contribution in [3.05, 3.63) is 114 Å². The number of hydrogen-bond donors (Lipinski definition) is 0. The van der Waals surface area contributed by atoms with Gasteiger partial charge in [0.05, 0.1) is 5.57 Å². The van der Waals surface area contributed by atoms with Gasteiger partial charge in [-0.2, -0.15) is 0 Å². The molecule has 0 N–H and O–H groups in total. The number of carbonyl (C=O) groups is 1. The molecule has 2 heteroatoms. The molecule has 3 aromatic carbocycles. The molecule has 2 nitrogen and oxygen atoms in total. The number of ether oxygens (including phenoxy) is 1. The highest BCUT2D eigenvalue weighted by Crippen LogP contribution is 2.28. The molecule has 0 aliphatic heterocycles. The van der Waals surface area contributed by atoms with E-state index in [9.17, 15) is 4.79 Å². The van der Waals surface area contributed by atoms with Crippen LogP contribution in [0.25, 0.3) is 5.57 Å². The van der Waals surface area contributed by atoms with Gasteiger partial charge in [0.15, 0.2) is 6.10 Å². The summed E-state index contributed by atoms with van der Waals surface area (Å²) in [7, 11) is 0. The van der Waals surface area contributed by atoms with Gasteiger partial charge < -0.3 is 4.74 Å². The first-order chi connectivity index (χ1) is 11.8. The van der Waals surface area contributed by atoms with E-state index in [1.54, 1.807) is 12.1 Å². The lowest BCUT2D eigenvalue weighted by Crippen LogP contribution is -2.13. The Morgan fingerprint density at radius 1 is 0.833 bits per heavy atom. The first-order valence-electron chi connectivity index (χ1n) is 7.72. The zero-order valence-corrected chi connectivity index (χ0v) is 13.2. The molecule has 24 heavy (non-hydrogen) atoms. The maximum Gasteiger partial charge on any atom is 0.339 e. The van der Waals surface area contributed by atoms with Crippen LogP contribution in [0, 0.1) is 6.07 Å². The van der Waals surface area contributed by atoms with Crippen molar-refractivity contribution in [2.45, 2.75) is 6.10 Å². The van der Waals surface area contributed by atoms with Crippen LogP contribution < -0.4 is 0 Å². The Balaban J connectivity index is 1.87. The normalized spacial score (nSPS) is 10.4. The van der Waals surface area contributed by atoms with Gasteiger partial charge in [0.1, 0.15) is 0 Å². The van der Waals surface area contributed by atoms with Gasteiger partial charge in [-0.15, -0.1) is 0 Å². The molecule has 0 bridgehead atoms. The fourth-order valence-corrected chi connectivity index (χ4v) is 2.45. The van der Waals surface area contributed by atoms with Crippen LogP contribution in [0.15, 0.2) is 91.5 Å². The predicted molar refractivity (Wildman–Crippen MR) is 95.1 cm³/mol. The van der Waals surface area contributed by atoms with Gasteiger partial charge in [-0.1, -0.05) is 91.5 Å². The molecule has 0 fully saturated rings. The number of hydrogen-bond acceptors (Lipinski definition) is 2. The molecule has 0 atom stereocenters. The average Bonchev–Trinajstić information content (AvgIpc) is 2.67. The van der Waals surface area contributed by atoms with Gasteiger partial charge in [0, 0.05) is 0 Å². The molecule has 0 aliphatic carbocycles. The first-order valence-corrected chi connectivity index (χ1v) is 7.72. The van der Waals surface area contributed by atoms with Crippen LogP contribution in [-0.4, -0.2) is 5.97 Å². The molecule has 0 unspecified atom stereocenters. The fourth-order valence-electron chi connectivity index (χ4n) is 2.45. The summed E-state index contributed by atoms with van der Waals surface area (Å²) in [6.07, 6.45) is -0.472. The Bertz CT molecular complexity index is 769. The molecule has 0 saturated carbocycles. The highest BCUT2D eigenvalue weighted by atomic mass is 16.5. The molecule has 0 spiro atoms. The third-order valence-electron chi connectivity index (χ3n) is 3.71. The molecule has 3 aromatic rings. The summed E-state index contributed by atoms with van der Waals surface area (Å²) in [5, 5.41) is 0. The van der Waals surface area contributed by atoms with Crippen molar-refractivity contribution in [1.82, 2.24) is 0 Å². The van der Waals surface area contributed by atoms with Crippen LogP contribution >= 0.6 is 0 Å². The Kier molecular flexibility index (Phi) is 4.87. The van der Waals surface area contributed by atoms with Crippen LogP contribution in [0.1, 0.15) is 22.8 Å². The number of rotatable bonds is 5. The minimum atomic E-state index is -0.472. The smallest absolute Gasteiger partial charge is 0.339 e. The lowest BCUT2D eigenvalue weighted by molar-refractivity contribution is -0.140. The minimum absolute atomic E-state index is 0.299. The molecular weight excluding hydrogens is 296 g/mol. The van der Waals surface area contributed by atoms with Crippen LogP contribution in [-0.2, 0) is 9.53 Å². The van der Waals surface area contributed by atoms with Crippen LogP contribution in [0.3, 0.4) is 0 Å². The van der Waals surface area contributed by atoms with Gasteiger partial charge >= 0.3 is 5.97 Å². The van der Waals surface area contributed by atoms with Gasteiger partial charge in [0.25, 0.3) is 0 Å². The summed E-state index contributed by atoms with van der Waals surface area (Å²) < 4.78 is 5.78. The quantitative estimate of drug-likeness (QED) is 0.498. The SMILES string of the molecule is C=C(C(=O)OC(c1ccccc1)c1ccccc1)c1[c]cccc1. The van der Waals surface area contributed by atoms with E-state index < -0.39 is 12.1 Å². The van der Waals surface area contributed by atoms with Crippen molar-refractivity contribution in [3.63, 3.8) is 0 Å². The molecule has 1 radical (unpaired) electrons. The van der Waals surface area contributed by atoms with E-state index in [2.05, 4.69) is 12.6 Å². The van der Waals surface area contributed by atoms with E-state index in [-0.39, 0.29) is 0 Å². The topological polar surface area (TPSA) is 26.3 Å². The standard InChI is InChI=1S/C22H17O2/c1-17(18-11-5-2-6-12-18)22(23)24-21(19-13-7-3-8-14-19)20-15-9-4-10-16-20/h2-11,13-16,21H,1H2. The van der Waals surface area contributed by atoms with E-state index in [0.29, 0.717) is 11.1 Å². The zero-order chi connectivity index (χ0) is 16.8. The summed E-state index contributed by atoms with van der Waals surface area (Å²) in [4.78, 5) is 12.6. The van der Waals surface area contributed by atoms with E-state index in [4.69, 9.17) is 4.74 Å². The second-order valence-corrected chi connectivity index (χ2v) is 5.36. The molecule has 117 valence electrons. The number of benzene rings is 3. The third kappa shape index (κ3) is 3.61. The monoisotopic (exact) mass is 313 g/mol. The first kappa shape index (κ1) is 15.8. The lowest BCUT2D eigenvalue weighted by atomic mass is 10.0. The molecule has 0 saturated heterocycles. The zero-order valence-electron chi connectivity index (χ0n) is 13.2. The molecule has 0 heterocycles. The Labute approximate surface area is 142 Å². The predicted octanol–water partition coefficient (Wildman–Crippen LogP) is 4.83. The summed E-state index contributed by atoms with van der Waals surface area (Å²) in [5.74, 6) is -0.449. The van der Waals surface area contributed by atoms with E-state index in [1.807, 2.05) is 72.8 Å². The highest BCUT2D eigenvalue weighted by molar-refractivity contribution is 6.15. The second kappa shape index (κ2) is 7.42. The summed E-state index contributed by atoms with van der Waals surface area (Å²) >= 11 is 0. The highest BCUT2D eigenvalue weighted by Gasteiger charge is 2.21.